The molecule has 20 heavy (non-hydrogen) atoms. The van der Waals surface area contributed by atoms with E-state index in [-0.39, 0.29) is 0 Å². The lowest BCUT2D eigenvalue weighted by Crippen LogP contribution is -2.11. The minimum absolute atomic E-state index is 0.759. The van der Waals surface area contributed by atoms with Gasteiger partial charge in [-0.1, -0.05) is 32.1 Å². The number of aromatic nitrogens is 4. The molecule has 1 aromatic carbocycles. The van der Waals surface area contributed by atoms with E-state index in [2.05, 4.69) is 15.5 Å². The van der Waals surface area contributed by atoms with Gasteiger partial charge < -0.3 is 5.73 Å². The summed E-state index contributed by atoms with van der Waals surface area (Å²) in [6, 6.07) is 7.71. The first-order valence-electron chi connectivity index (χ1n) is 7.45. The second kappa shape index (κ2) is 6.03. The molecule has 0 bridgehead atoms. The predicted octanol–water partition coefficient (Wildman–Crippen LogP) is 2.89. The highest BCUT2D eigenvalue weighted by Gasteiger charge is 2.15. The zero-order valence-electron chi connectivity index (χ0n) is 11.7. The fourth-order valence-electron chi connectivity index (χ4n) is 2.97. The molecule has 2 aromatic rings. The molecule has 5 heteroatoms. The van der Waals surface area contributed by atoms with Crippen LogP contribution in [0.15, 0.2) is 24.3 Å². The van der Waals surface area contributed by atoms with E-state index in [4.69, 9.17) is 5.73 Å². The van der Waals surface area contributed by atoms with Crippen LogP contribution in [0.1, 0.15) is 38.5 Å². The minimum atomic E-state index is 0.759. The van der Waals surface area contributed by atoms with E-state index in [0.29, 0.717) is 0 Å². The van der Waals surface area contributed by atoms with Crippen LogP contribution >= 0.6 is 0 Å². The van der Waals surface area contributed by atoms with Crippen molar-refractivity contribution in [2.45, 2.75) is 45.1 Å². The maximum Gasteiger partial charge on any atom is 0.182 e. The van der Waals surface area contributed by atoms with Crippen molar-refractivity contribution in [1.29, 1.82) is 0 Å². The van der Waals surface area contributed by atoms with Crippen LogP contribution in [-0.4, -0.2) is 20.2 Å². The first kappa shape index (κ1) is 13.1. The summed E-state index contributed by atoms with van der Waals surface area (Å²) >= 11 is 0. The third kappa shape index (κ3) is 2.98. The lowest BCUT2D eigenvalue weighted by molar-refractivity contribution is 0.318. The van der Waals surface area contributed by atoms with E-state index in [1.54, 1.807) is 0 Å². The Bertz CT molecular complexity index is 540. The zero-order valence-corrected chi connectivity index (χ0v) is 11.7. The number of hydrogen-bond acceptors (Lipinski definition) is 4. The van der Waals surface area contributed by atoms with Crippen molar-refractivity contribution < 1.29 is 0 Å². The molecule has 0 amide bonds. The highest BCUT2D eigenvalue weighted by Crippen LogP contribution is 2.27. The summed E-state index contributed by atoms with van der Waals surface area (Å²) in [5.41, 5.74) is 7.50. The Balaban J connectivity index is 1.68. The number of nitrogen functional groups attached to an aromatic ring is 1. The molecule has 5 nitrogen and oxygen atoms in total. The van der Waals surface area contributed by atoms with Crippen LogP contribution in [-0.2, 0) is 6.54 Å². The van der Waals surface area contributed by atoms with Gasteiger partial charge in [0.2, 0.25) is 0 Å². The van der Waals surface area contributed by atoms with E-state index in [1.807, 2.05) is 28.9 Å². The topological polar surface area (TPSA) is 69.6 Å². The van der Waals surface area contributed by atoms with Gasteiger partial charge in [0.25, 0.3) is 0 Å². The predicted molar refractivity (Wildman–Crippen MR) is 78.9 cm³/mol. The maximum atomic E-state index is 5.72. The molecule has 0 radical (unpaired) electrons. The first-order valence-corrected chi connectivity index (χ1v) is 7.45. The summed E-state index contributed by atoms with van der Waals surface area (Å²) in [6.45, 7) is 0.900. The highest BCUT2D eigenvalue weighted by molar-refractivity contribution is 5.58. The summed E-state index contributed by atoms with van der Waals surface area (Å²) < 4.78 is 1.92. The van der Waals surface area contributed by atoms with Crippen molar-refractivity contribution in [3.05, 3.63) is 24.3 Å². The molecular formula is C15H21N5. The summed E-state index contributed by atoms with van der Waals surface area (Å²) in [5.74, 6) is 1.67. The Labute approximate surface area is 119 Å². The molecule has 0 unspecified atom stereocenters. The fourth-order valence-corrected chi connectivity index (χ4v) is 2.97. The van der Waals surface area contributed by atoms with E-state index >= 15 is 0 Å². The summed E-state index contributed by atoms with van der Waals surface area (Å²) in [6.07, 6.45) is 8.06. The average molecular weight is 271 g/mol. The Morgan fingerprint density at radius 2 is 1.85 bits per heavy atom. The molecule has 2 N–H and O–H groups in total. The zero-order chi connectivity index (χ0) is 13.8. The smallest absolute Gasteiger partial charge is 0.182 e. The third-order valence-corrected chi connectivity index (χ3v) is 4.17. The van der Waals surface area contributed by atoms with Gasteiger partial charge in [0, 0.05) is 17.8 Å². The second-order valence-electron chi connectivity index (χ2n) is 5.64. The second-order valence-corrected chi connectivity index (χ2v) is 5.64. The Hall–Kier alpha value is -1.91. The summed E-state index contributed by atoms with van der Waals surface area (Å²) in [7, 11) is 0. The van der Waals surface area contributed by atoms with Gasteiger partial charge in [0.05, 0.1) is 0 Å². The van der Waals surface area contributed by atoms with Crippen molar-refractivity contribution in [2.24, 2.45) is 5.92 Å². The van der Waals surface area contributed by atoms with Gasteiger partial charge in [0.1, 0.15) is 0 Å². The van der Waals surface area contributed by atoms with Gasteiger partial charge in [-0.3, -0.25) is 0 Å². The lowest BCUT2D eigenvalue weighted by atomic mass is 9.87. The van der Waals surface area contributed by atoms with E-state index < -0.39 is 0 Å². The molecule has 1 heterocycles. The molecule has 0 spiro atoms. The van der Waals surface area contributed by atoms with Gasteiger partial charge in [-0.25, -0.2) is 4.68 Å². The molecule has 0 aliphatic heterocycles. The van der Waals surface area contributed by atoms with Gasteiger partial charge in [0.15, 0.2) is 5.82 Å². The van der Waals surface area contributed by atoms with Crippen LogP contribution in [0.25, 0.3) is 11.4 Å². The van der Waals surface area contributed by atoms with Gasteiger partial charge >= 0.3 is 0 Å². The largest absolute Gasteiger partial charge is 0.399 e. The van der Waals surface area contributed by atoms with Crippen LogP contribution in [0.5, 0.6) is 0 Å². The molecule has 1 aromatic heterocycles. The molecule has 1 fully saturated rings. The van der Waals surface area contributed by atoms with Gasteiger partial charge in [-0.05, 0) is 47.0 Å². The molecule has 0 atom stereocenters. The quantitative estimate of drug-likeness (QED) is 0.868. The molecule has 0 saturated heterocycles. The van der Waals surface area contributed by atoms with E-state index in [9.17, 15) is 0 Å². The molecule has 1 saturated carbocycles. The van der Waals surface area contributed by atoms with Crippen LogP contribution in [0.4, 0.5) is 5.69 Å². The number of tetrazole rings is 1. The first-order chi connectivity index (χ1) is 9.83. The maximum absolute atomic E-state index is 5.72. The average Bonchev–Trinajstić information content (AvgIpc) is 2.95. The minimum Gasteiger partial charge on any atom is -0.399 e. The monoisotopic (exact) mass is 271 g/mol. The fraction of sp³-hybridized carbons (Fsp3) is 0.533. The lowest BCUT2D eigenvalue weighted by Gasteiger charge is -2.21. The standard InChI is InChI=1S/C15H21N5/c16-14-8-6-13(7-9-14)15-17-18-19-20(15)11-10-12-4-2-1-3-5-12/h6-9,12H,1-5,10-11,16H2. The Morgan fingerprint density at radius 3 is 2.60 bits per heavy atom. The van der Waals surface area contributed by atoms with Crippen LogP contribution in [0.3, 0.4) is 0 Å². The number of aryl methyl sites for hydroxylation is 1. The van der Waals surface area contributed by atoms with Crippen LogP contribution < -0.4 is 5.73 Å². The summed E-state index contributed by atoms with van der Waals surface area (Å²) in [5, 5.41) is 12.1. The number of nitrogens with zero attached hydrogens (tertiary/aromatic N) is 4. The van der Waals surface area contributed by atoms with Gasteiger partial charge in [-0.2, -0.15) is 0 Å². The molecular weight excluding hydrogens is 250 g/mol. The van der Waals surface area contributed by atoms with E-state index in [1.165, 1.54) is 38.5 Å². The number of benzene rings is 1. The number of hydrogen-bond donors (Lipinski definition) is 1. The van der Waals surface area contributed by atoms with Crippen molar-refractivity contribution in [3.63, 3.8) is 0 Å². The number of anilines is 1. The van der Waals surface area contributed by atoms with Crippen LogP contribution in [0.2, 0.25) is 0 Å². The van der Waals surface area contributed by atoms with Crippen molar-refractivity contribution in [2.75, 3.05) is 5.73 Å². The Kier molecular flexibility index (Phi) is 3.95. The Morgan fingerprint density at radius 1 is 1.10 bits per heavy atom. The molecule has 106 valence electrons. The van der Waals surface area contributed by atoms with Crippen LogP contribution in [0, 0.1) is 5.92 Å². The summed E-state index contributed by atoms with van der Waals surface area (Å²) in [4.78, 5) is 0. The van der Waals surface area contributed by atoms with Crippen molar-refractivity contribution >= 4 is 5.69 Å². The van der Waals surface area contributed by atoms with Crippen molar-refractivity contribution in [3.8, 4) is 11.4 Å². The van der Waals surface area contributed by atoms with E-state index in [0.717, 1.165) is 29.5 Å². The molecule has 1 aliphatic rings. The normalized spacial score (nSPS) is 16.4. The SMILES string of the molecule is Nc1ccc(-c2nnnn2CCC2CCCCC2)cc1. The molecule has 1 aliphatic carbocycles. The number of nitrogens with two attached hydrogens (primary N) is 1. The highest BCUT2D eigenvalue weighted by atomic mass is 15.5. The number of rotatable bonds is 4. The molecule has 3 rings (SSSR count). The van der Waals surface area contributed by atoms with Gasteiger partial charge in [-0.15, -0.1) is 5.10 Å². The van der Waals surface area contributed by atoms with Crippen molar-refractivity contribution in [1.82, 2.24) is 20.2 Å². The third-order valence-electron chi connectivity index (χ3n) is 4.17.